The van der Waals surface area contributed by atoms with Gasteiger partial charge in [0, 0.05) is 18.6 Å². The Bertz CT molecular complexity index is 374. The van der Waals surface area contributed by atoms with E-state index in [1.165, 1.54) is 5.56 Å². The number of nitrogens with zero attached hydrogens (tertiary/aromatic N) is 1. The number of carboxylic acids is 1. The van der Waals surface area contributed by atoms with Crippen molar-refractivity contribution in [3.8, 4) is 0 Å². The summed E-state index contributed by atoms with van der Waals surface area (Å²) in [5.74, 6) is -0.730. The summed E-state index contributed by atoms with van der Waals surface area (Å²) < 4.78 is 0. The lowest BCUT2D eigenvalue weighted by atomic mass is 9.85. The third-order valence-corrected chi connectivity index (χ3v) is 4.28. The molecule has 0 radical (unpaired) electrons. The highest BCUT2D eigenvalue weighted by Gasteiger charge is 2.33. The number of hydrogen-bond acceptors (Lipinski definition) is 4. The second-order valence-corrected chi connectivity index (χ2v) is 5.57. The molecule has 0 aromatic carbocycles. The molecular weight excluding hydrogens is 248 g/mol. The second kappa shape index (κ2) is 6.31. The van der Waals surface area contributed by atoms with E-state index in [2.05, 4.69) is 22.1 Å². The molecule has 1 fully saturated rings. The molecule has 1 aliphatic rings. The van der Waals surface area contributed by atoms with E-state index >= 15 is 0 Å². The van der Waals surface area contributed by atoms with Crippen molar-refractivity contribution in [1.29, 1.82) is 0 Å². The molecule has 2 rings (SSSR count). The van der Waals surface area contributed by atoms with E-state index in [0.29, 0.717) is 12.1 Å². The average Bonchev–Trinajstić information content (AvgIpc) is 2.77. The summed E-state index contributed by atoms with van der Waals surface area (Å²) in [6, 6.07) is 3.11. The van der Waals surface area contributed by atoms with Gasteiger partial charge in [0.05, 0.1) is 6.54 Å². The van der Waals surface area contributed by atoms with Crippen molar-refractivity contribution in [3.05, 3.63) is 22.4 Å². The first-order chi connectivity index (χ1) is 8.69. The zero-order valence-corrected chi connectivity index (χ0v) is 11.4. The number of aliphatic carboxylic acids is 1. The molecule has 1 aromatic rings. The molecule has 0 saturated heterocycles. The molecular formula is C13H20N2O2S. The summed E-state index contributed by atoms with van der Waals surface area (Å²) in [5, 5.41) is 16.6. The Morgan fingerprint density at radius 2 is 2.39 bits per heavy atom. The molecule has 0 amide bonds. The fourth-order valence-electron chi connectivity index (χ4n) is 2.38. The minimum Gasteiger partial charge on any atom is -0.480 e. The molecule has 0 aliphatic heterocycles. The number of hydrogen-bond donors (Lipinski definition) is 2. The first-order valence-electron chi connectivity index (χ1n) is 6.39. The largest absolute Gasteiger partial charge is 0.480 e. The van der Waals surface area contributed by atoms with Crippen LogP contribution in [0.2, 0.25) is 0 Å². The van der Waals surface area contributed by atoms with Crippen LogP contribution in [0, 0.1) is 0 Å². The molecule has 1 heterocycles. The standard InChI is InChI=1S/C13H20N2O2S/c1-2-15(8-13(16)17)12-5-11(6-12)14-7-10-3-4-18-9-10/h3-4,9,11-12,14H,2,5-8H2,1H3,(H,16,17). The SMILES string of the molecule is CCN(CC(=O)O)C1CC(NCc2ccsc2)C1. The van der Waals surface area contributed by atoms with Crippen molar-refractivity contribution < 1.29 is 9.90 Å². The van der Waals surface area contributed by atoms with Crippen LogP contribution in [0.15, 0.2) is 16.8 Å². The third-order valence-electron chi connectivity index (χ3n) is 3.55. The fraction of sp³-hybridized carbons (Fsp3) is 0.615. The Balaban J connectivity index is 1.68. The topological polar surface area (TPSA) is 52.6 Å². The van der Waals surface area contributed by atoms with E-state index in [1.54, 1.807) is 11.3 Å². The van der Waals surface area contributed by atoms with Crippen LogP contribution in [0.25, 0.3) is 0 Å². The molecule has 0 atom stereocenters. The first kappa shape index (κ1) is 13.5. The highest BCUT2D eigenvalue weighted by molar-refractivity contribution is 7.07. The smallest absolute Gasteiger partial charge is 0.317 e. The lowest BCUT2D eigenvalue weighted by molar-refractivity contribution is -0.139. The molecule has 2 N–H and O–H groups in total. The van der Waals surface area contributed by atoms with Crippen molar-refractivity contribution in [2.45, 2.75) is 38.4 Å². The predicted octanol–water partition coefficient (Wildman–Crippen LogP) is 1.78. The van der Waals surface area contributed by atoms with E-state index in [4.69, 9.17) is 5.11 Å². The van der Waals surface area contributed by atoms with Gasteiger partial charge >= 0.3 is 5.97 Å². The fourth-order valence-corrected chi connectivity index (χ4v) is 3.05. The van der Waals surface area contributed by atoms with Gasteiger partial charge < -0.3 is 10.4 Å². The van der Waals surface area contributed by atoms with E-state index < -0.39 is 5.97 Å². The average molecular weight is 268 g/mol. The van der Waals surface area contributed by atoms with Crippen molar-refractivity contribution in [2.75, 3.05) is 13.1 Å². The molecule has 0 spiro atoms. The van der Waals surface area contributed by atoms with Crippen LogP contribution in [0.1, 0.15) is 25.3 Å². The lowest BCUT2D eigenvalue weighted by Gasteiger charge is -2.42. The van der Waals surface area contributed by atoms with Gasteiger partial charge in [-0.1, -0.05) is 6.92 Å². The van der Waals surface area contributed by atoms with Gasteiger partial charge in [-0.2, -0.15) is 11.3 Å². The summed E-state index contributed by atoms with van der Waals surface area (Å²) in [7, 11) is 0. The van der Waals surface area contributed by atoms with Crippen LogP contribution in [0.5, 0.6) is 0 Å². The van der Waals surface area contributed by atoms with Gasteiger partial charge in [0.25, 0.3) is 0 Å². The maximum atomic E-state index is 10.7. The summed E-state index contributed by atoms with van der Waals surface area (Å²) in [6.45, 7) is 3.92. The molecule has 100 valence electrons. The quantitative estimate of drug-likeness (QED) is 0.791. The molecule has 1 aliphatic carbocycles. The predicted molar refractivity (Wildman–Crippen MR) is 72.9 cm³/mol. The summed E-state index contributed by atoms with van der Waals surface area (Å²) in [4.78, 5) is 12.8. The number of likely N-dealkylation sites (N-methyl/N-ethyl adjacent to an activating group) is 1. The van der Waals surface area contributed by atoms with Crippen molar-refractivity contribution in [1.82, 2.24) is 10.2 Å². The van der Waals surface area contributed by atoms with Crippen LogP contribution >= 0.6 is 11.3 Å². The normalized spacial score (nSPS) is 23.0. The minimum atomic E-state index is -0.730. The van der Waals surface area contributed by atoms with E-state index in [9.17, 15) is 4.79 Å². The van der Waals surface area contributed by atoms with Gasteiger partial charge in [-0.3, -0.25) is 9.69 Å². The van der Waals surface area contributed by atoms with Crippen molar-refractivity contribution in [3.63, 3.8) is 0 Å². The van der Waals surface area contributed by atoms with Crippen molar-refractivity contribution >= 4 is 17.3 Å². The summed E-state index contributed by atoms with van der Waals surface area (Å²) >= 11 is 1.72. The highest BCUT2D eigenvalue weighted by Crippen LogP contribution is 2.25. The zero-order chi connectivity index (χ0) is 13.0. The van der Waals surface area contributed by atoms with Crippen LogP contribution in [-0.2, 0) is 11.3 Å². The van der Waals surface area contributed by atoms with Gasteiger partial charge in [0.2, 0.25) is 0 Å². The van der Waals surface area contributed by atoms with Crippen LogP contribution in [0.3, 0.4) is 0 Å². The number of carboxylic acid groups (broad SMARTS) is 1. The minimum absolute atomic E-state index is 0.165. The van der Waals surface area contributed by atoms with Crippen LogP contribution in [-0.4, -0.2) is 41.1 Å². The molecule has 1 saturated carbocycles. The molecule has 18 heavy (non-hydrogen) atoms. The number of thiophene rings is 1. The lowest BCUT2D eigenvalue weighted by Crippen LogP contribution is -2.53. The van der Waals surface area contributed by atoms with E-state index in [-0.39, 0.29) is 6.54 Å². The number of rotatable bonds is 7. The Morgan fingerprint density at radius 1 is 1.61 bits per heavy atom. The maximum absolute atomic E-state index is 10.7. The molecule has 4 nitrogen and oxygen atoms in total. The van der Waals surface area contributed by atoms with Crippen LogP contribution < -0.4 is 5.32 Å². The zero-order valence-electron chi connectivity index (χ0n) is 10.6. The molecule has 0 unspecified atom stereocenters. The maximum Gasteiger partial charge on any atom is 0.317 e. The second-order valence-electron chi connectivity index (χ2n) is 4.79. The summed E-state index contributed by atoms with van der Waals surface area (Å²) in [6.07, 6.45) is 2.12. The molecule has 0 bridgehead atoms. The Kier molecular flexibility index (Phi) is 4.74. The van der Waals surface area contributed by atoms with Gasteiger partial charge in [0.1, 0.15) is 0 Å². The Hall–Kier alpha value is -0.910. The highest BCUT2D eigenvalue weighted by atomic mass is 32.1. The summed E-state index contributed by atoms with van der Waals surface area (Å²) in [5.41, 5.74) is 1.33. The van der Waals surface area contributed by atoms with Gasteiger partial charge in [-0.05, 0) is 41.8 Å². The third kappa shape index (κ3) is 3.54. The van der Waals surface area contributed by atoms with E-state index in [1.807, 2.05) is 11.8 Å². The van der Waals surface area contributed by atoms with Gasteiger partial charge in [0.15, 0.2) is 0 Å². The Labute approximate surface area is 112 Å². The first-order valence-corrected chi connectivity index (χ1v) is 7.33. The van der Waals surface area contributed by atoms with Crippen LogP contribution in [0.4, 0.5) is 0 Å². The van der Waals surface area contributed by atoms with Gasteiger partial charge in [-0.15, -0.1) is 0 Å². The molecule has 1 aromatic heterocycles. The van der Waals surface area contributed by atoms with E-state index in [0.717, 1.165) is 25.9 Å². The van der Waals surface area contributed by atoms with Gasteiger partial charge in [-0.25, -0.2) is 0 Å². The monoisotopic (exact) mass is 268 g/mol. The number of nitrogens with one attached hydrogen (secondary N) is 1. The number of carbonyl (C=O) groups is 1. The molecule has 5 heteroatoms. The Morgan fingerprint density at radius 3 is 2.94 bits per heavy atom. The van der Waals surface area contributed by atoms with Crippen molar-refractivity contribution in [2.24, 2.45) is 0 Å².